The lowest BCUT2D eigenvalue weighted by molar-refractivity contribution is -0.122. The Balaban J connectivity index is 1.69. The van der Waals surface area contributed by atoms with E-state index in [4.69, 9.17) is 0 Å². The van der Waals surface area contributed by atoms with Gasteiger partial charge in [-0.15, -0.1) is 0 Å². The minimum absolute atomic E-state index is 0.0256. The zero-order valence-electron chi connectivity index (χ0n) is 16.3. The molecule has 0 aliphatic carbocycles. The van der Waals surface area contributed by atoms with Gasteiger partial charge in [0, 0.05) is 58.7 Å². The van der Waals surface area contributed by atoms with Gasteiger partial charge in [0.1, 0.15) is 4.90 Å². The van der Waals surface area contributed by atoms with Gasteiger partial charge in [0.05, 0.1) is 6.54 Å². The first-order valence-electron chi connectivity index (χ1n) is 9.24. The van der Waals surface area contributed by atoms with Crippen LogP contribution >= 0.6 is 0 Å². The fourth-order valence-corrected chi connectivity index (χ4v) is 3.86. The molecule has 4 N–H and O–H groups in total. The van der Waals surface area contributed by atoms with Gasteiger partial charge in [-0.1, -0.05) is 0 Å². The second-order valence-corrected chi connectivity index (χ2v) is 8.22. The molecule has 28 heavy (non-hydrogen) atoms. The molecule has 0 spiro atoms. The largest absolute Gasteiger partial charge is 0.358 e. The van der Waals surface area contributed by atoms with Crippen LogP contribution in [0, 0.1) is 0 Å². The molecule has 11 heteroatoms. The summed E-state index contributed by atoms with van der Waals surface area (Å²) in [5.74, 6) is 0.656. The average molecular weight is 412 g/mol. The first-order valence-corrected chi connectivity index (χ1v) is 10.7. The number of sulfonamides is 1. The molecule has 1 saturated heterocycles. The van der Waals surface area contributed by atoms with Crippen LogP contribution in [-0.4, -0.2) is 83.0 Å². The van der Waals surface area contributed by atoms with E-state index in [9.17, 15) is 13.2 Å². The Labute approximate surface area is 166 Å². The van der Waals surface area contributed by atoms with Crippen LogP contribution in [0.3, 0.4) is 0 Å². The molecule has 0 atom stereocenters. The number of guanidine groups is 1. The van der Waals surface area contributed by atoms with Crippen molar-refractivity contribution < 1.29 is 13.2 Å². The van der Waals surface area contributed by atoms with E-state index in [2.05, 4.69) is 35.5 Å². The Morgan fingerprint density at radius 2 is 2.07 bits per heavy atom. The predicted octanol–water partition coefficient (Wildman–Crippen LogP) is -1.26. The van der Waals surface area contributed by atoms with Crippen LogP contribution in [0.4, 0.5) is 0 Å². The maximum Gasteiger partial charge on any atom is 0.242 e. The first kappa shape index (κ1) is 22.1. The monoisotopic (exact) mass is 411 g/mol. The SMILES string of the molecule is CN=C(NCCNS(=O)(=O)c1cccnc1)NC1CCN(CC(=O)NC)CC1. The summed E-state index contributed by atoms with van der Waals surface area (Å²) in [5.41, 5.74) is 0. The van der Waals surface area contributed by atoms with Gasteiger partial charge in [-0.05, 0) is 25.0 Å². The number of pyridine rings is 1. The molecule has 2 rings (SSSR count). The van der Waals surface area contributed by atoms with Crippen molar-refractivity contribution in [2.24, 2.45) is 4.99 Å². The predicted molar refractivity (Wildman–Crippen MR) is 107 cm³/mol. The zero-order chi connectivity index (χ0) is 20.4. The quantitative estimate of drug-likeness (QED) is 0.239. The highest BCUT2D eigenvalue weighted by Gasteiger charge is 2.21. The van der Waals surface area contributed by atoms with E-state index in [0.717, 1.165) is 25.9 Å². The van der Waals surface area contributed by atoms with Gasteiger partial charge >= 0.3 is 0 Å². The van der Waals surface area contributed by atoms with Gasteiger partial charge in [-0.2, -0.15) is 0 Å². The molecule has 1 aliphatic heterocycles. The number of piperidine rings is 1. The lowest BCUT2D eigenvalue weighted by Gasteiger charge is -2.32. The number of carbonyl (C=O) groups excluding carboxylic acids is 1. The molecule has 1 amide bonds. The number of hydrogen-bond acceptors (Lipinski definition) is 6. The molecular formula is C17H29N7O3S. The first-order chi connectivity index (χ1) is 13.4. The van der Waals surface area contributed by atoms with Gasteiger partial charge < -0.3 is 16.0 Å². The van der Waals surface area contributed by atoms with E-state index in [1.54, 1.807) is 20.2 Å². The topological polar surface area (TPSA) is 128 Å². The summed E-state index contributed by atoms with van der Waals surface area (Å²) in [6, 6.07) is 3.34. The molecule has 1 aromatic rings. The number of likely N-dealkylation sites (tertiary alicyclic amines) is 1. The molecule has 2 heterocycles. The third-order valence-electron chi connectivity index (χ3n) is 4.45. The normalized spacial score (nSPS) is 16.6. The van der Waals surface area contributed by atoms with Crippen LogP contribution < -0.4 is 20.7 Å². The summed E-state index contributed by atoms with van der Waals surface area (Å²) in [6.45, 7) is 2.73. The van der Waals surface area contributed by atoms with Crippen molar-refractivity contribution in [2.75, 3.05) is 46.8 Å². The molecule has 0 unspecified atom stereocenters. The van der Waals surface area contributed by atoms with E-state index < -0.39 is 10.0 Å². The maximum absolute atomic E-state index is 12.1. The number of carbonyl (C=O) groups is 1. The number of amides is 1. The smallest absolute Gasteiger partial charge is 0.242 e. The van der Waals surface area contributed by atoms with Crippen LogP contribution in [0.2, 0.25) is 0 Å². The zero-order valence-corrected chi connectivity index (χ0v) is 17.1. The Morgan fingerprint density at radius 1 is 1.32 bits per heavy atom. The molecule has 10 nitrogen and oxygen atoms in total. The molecular weight excluding hydrogens is 382 g/mol. The third-order valence-corrected chi connectivity index (χ3v) is 5.90. The van der Waals surface area contributed by atoms with Gasteiger partial charge in [-0.3, -0.25) is 19.7 Å². The Hall–Kier alpha value is -2.24. The number of likely N-dealkylation sites (N-methyl/N-ethyl adjacent to an activating group) is 1. The Kier molecular flexibility index (Phi) is 8.61. The van der Waals surface area contributed by atoms with Gasteiger partial charge in [0.2, 0.25) is 15.9 Å². The Morgan fingerprint density at radius 3 is 2.68 bits per heavy atom. The number of rotatable bonds is 8. The standard InChI is InChI=1S/C17H29N7O3S/c1-18-16(25)13-24-10-5-14(6-11-24)23-17(19-2)21-8-9-22-28(26,27)15-4-3-7-20-12-15/h3-4,7,12,14,22H,5-6,8-11,13H2,1-2H3,(H,18,25)(H2,19,21,23). The fourth-order valence-electron chi connectivity index (χ4n) is 2.86. The molecule has 0 radical (unpaired) electrons. The van der Waals surface area contributed by atoms with Crippen molar-refractivity contribution in [3.63, 3.8) is 0 Å². The summed E-state index contributed by atoms with van der Waals surface area (Å²) in [5, 5.41) is 9.10. The molecule has 156 valence electrons. The minimum Gasteiger partial charge on any atom is -0.358 e. The van der Waals surface area contributed by atoms with E-state index in [0.29, 0.717) is 19.0 Å². The van der Waals surface area contributed by atoms with Gasteiger partial charge in [0.25, 0.3) is 0 Å². The van der Waals surface area contributed by atoms with Crippen molar-refractivity contribution in [3.05, 3.63) is 24.5 Å². The summed E-state index contributed by atoms with van der Waals surface area (Å²) < 4.78 is 26.8. The van der Waals surface area contributed by atoms with Crippen LogP contribution in [0.25, 0.3) is 0 Å². The lowest BCUT2D eigenvalue weighted by atomic mass is 10.1. The lowest BCUT2D eigenvalue weighted by Crippen LogP contribution is -2.50. The fraction of sp³-hybridized carbons (Fsp3) is 0.588. The Bertz CT molecular complexity index is 747. The van der Waals surface area contributed by atoms with Gasteiger partial charge in [0.15, 0.2) is 5.96 Å². The number of aromatic nitrogens is 1. The van der Waals surface area contributed by atoms with Crippen LogP contribution in [0.1, 0.15) is 12.8 Å². The second-order valence-electron chi connectivity index (χ2n) is 6.45. The molecule has 0 saturated carbocycles. The van der Waals surface area contributed by atoms with Crippen molar-refractivity contribution in [1.29, 1.82) is 0 Å². The molecule has 0 bridgehead atoms. The summed E-state index contributed by atoms with van der Waals surface area (Å²) in [6.07, 6.45) is 4.66. The van der Waals surface area contributed by atoms with Crippen molar-refractivity contribution in [3.8, 4) is 0 Å². The highest BCUT2D eigenvalue weighted by molar-refractivity contribution is 7.89. The van der Waals surface area contributed by atoms with Crippen molar-refractivity contribution in [2.45, 2.75) is 23.8 Å². The highest BCUT2D eigenvalue weighted by Crippen LogP contribution is 2.09. The molecule has 1 aliphatic rings. The van der Waals surface area contributed by atoms with E-state index in [1.165, 1.54) is 18.5 Å². The van der Waals surface area contributed by atoms with Gasteiger partial charge in [-0.25, -0.2) is 13.1 Å². The summed E-state index contributed by atoms with van der Waals surface area (Å²) in [7, 11) is -0.243. The van der Waals surface area contributed by atoms with Crippen molar-refractivity contribution in [1.82, 2.24) is 30.6 Å². The van der Waals surface area contributed by atoms with E-state index >= 15 is 0 Å². The van der Waals surface area contributed by atoms with Crippen LogP contribution in [0.5, 0.6) is 0 Å². The average Bonchev–Trinajstić information content (AvgIpc) is 2.72. The van der Waals surface area contributed by atoms with E-state index in [1.807, 2.05) is 0 Å². The summed E-state index contributed by atoms with van der Waals surface area (Å²) >= 11 is 0. The van der Waals surface area contributed by atoms with Crippen molar-refractivity contribution >= 4 is 21.9 Å². The number of hydrogen-bond donors (Lipinski definition) is 4. The number of aliphatic imine (C=N–C) groups is 1. The number of nitrogens with zero attached hydrogens (tertiary/aromatic N) is 3. The van der Waals surface area contributed by atoms with E-state index in [-0.39, 0.29) is 23.4 Å². The third kappa shape index (κ3) is 7.06. The molecule has 1 fully saturated rings. The maximum atomic E-state index is 12.1. The highest BCUT2D eigenvalue weighted by atomic mass is 32.2. The van der Waals surface area contributed by atoms with Crippen LogP contribution in [0.15, 0.2) is 34.4 Å². The minimum atomic E-state index is -3.56. The molecule has 1 aromatic heterocycles. The number of nitrogens with one attached hydrogen (secondary N) is 4. The molecule has 0 aromatic carbocycles. The second kappa shape index (κ2) is 10.9. The summed E-state index contributed by atoms with van der Waals surface area (Å²) in [4.78, 5) is 21.7. The van der Waals surface area contributed by atoms with Crippen LogP contribution in [-0.2, 0) is 14.8 Å².